The van der Waals surface area contributed by atoms with Crippen molar-refractivity contribution in [1.82, 2.24) is 15.2 Å². The minimum atomic E-state index is -3.87. The zero-order valence-corrected chi connectivity index (χ0v) is 17.1. The molecule has 0 fully saturated rings. The first kappa shape index (κ1) is 21.4. The Morgan fingerprint density at radius 2 is 2.03 bits per heavy atom. The van der Waals surface area contributed by atoms with Gasteiger partial charge < -0.3 is 10.1 Å². The van der Waals surface area contributed by atoms with Gasteiger partial charge in [-0.15, -0.1) is 5.10 Å². The van der Waals surface area contributed by atoms with Crippen LogP contribution in [0.15, 0.2) is 24.4 Å². The molecule has 3 N–H and O–H groups in total. The second kappa shape index (κ2) is 8.22. The fraction of sp³-hybridized carbons (Fsp3) is 0.278. The molecular formula is C18H19F2N5O4S. The molecule has 0 atom stereocenters. The molecule has 160 valence electrons. The average Bonchev–Trinajstić information content (AvgIpc) is 3.05. The number of carbonyl (C=O) groups is 1. The number of hydrogen-bond acceptors (Lipinski definition) is 6. The van der Waals surface area contributed by atoms with Gasteiger partial charge in [-0.05, 0) is 24.1 Å². The summed E-state index contributed by atoms with van der Waals surface area (Å²) in [4.78, 5) is 16.6. The summed E-state index contributed by atoms with van der Waals surface area (Å²) >= 11 is 0. The Labute approximate surface area is 170 Å². The highest BCUT2D eigenvalue weighted by atomic mass is 32.2. The molecule has 0 saturated carbocycles. The number of sulfonamides is 1. The van der Waals surface area contributed by atoms with Gasteiger partial charge in [-0.1, -0.05) is 13.8 Å². The number of H-pyrrole nitrogens is 1. The van der Waals surface area contributed by atoms with E-state index in [1.807, 2.05) is 4.72 Å². The van der Waals surface area contributed by atoms with Crippen LogP contribution in [0.2, 0.25) is 0 Å². The first-order valence-electron chi connectivity index (χ1n) is 8.79. The van der Waals surface area contributed by atoms with E-state index >= 15 is 0 Å². The van der Waals surface area contributed by atoms with Crippen molar-refractivity contribution in [3.05, 3.63) is 41.6 Å². The number of methoxy groups -OCH3 is 1. The van der Waals surface area contributed by atoms with E-state index in [2.05, 4.69) is 20.5 Å². The molecule has 12 heteroatoms. The molecule has 0 saturated heterocycles. The van der Waals surface area contributed by atoms with E-state index in [4.69, 9.17) is 4.74 Å². The van der Waals surface area contributed by atoms with E-state index in [1.165, 1.54) is 19.4 Å². The Morgan fingerprint density at radius 3 is 2.70 bits per heavy atom. The van der Waals surface area contributed by atoms with E-state index in [0.29, 0.717) is 11.0 Å². The third-order valence-corrected chi connectivity index (χ3v) is 5.61. The minimum absolute atomic E-state index is 0.136. The molecule has 0 aliphatic heterocycles. The van der Waals surface area contributed by atoms with Crippen LogP contribution in [0, 0.1) is 17.6 Å². The number of nitrogens with zero attached hydrogens (tertiary/aromatic N) is 2. The molecule has 2 aromatic heterocycles. The lowest BCUT2D eigenvalue weighted by Gasteiger charge is -2.13. The fourth-order valence-corrected chi connectivity index (χ4v) is 4.24. The average molecular weight is 439 g/mol. The lowest BCUT2D eigenvalue weighted by atomic mass is 10.1. The number of nitrogens with one attached hydrogen (secondary N) is 3. The number of fused-ring (bicyclic) bond motifs is 1. The molecule has 0 aliphatic carbocycles. The second-order valence-electron chi connectivity index (χ2n) is 6.87. The zero-order valence-electron chi connectivity index (χ0n) is 16.3. The van der Waals surface area contributed by atoms with E-state index in [9.17, 15) is 22.0 Å². The van der Waals surface area contributed by atoms with Crippen LogP contribution in [0.5, 0.6) is 5.88 Å². The summed E-state index contributed by atoms with van der Waals surface area (Å²) in [5.74, 6) is -3.83. The van der Waals surface area contributed by atoms with Crippen LogP contribution in [-0.2, 0) is 10.0 Å². The Bertz CT molecular complexity index is 1210. The van der Waals surface area contributed by atoms with Gasteiger partial charge >= 0.3 is 0 Å². The van der Waals surface area contributed by atoms with Gasteiger partial charge in [0.1, 0.15) is 11.4 Å². The summed E-state index contributed by atoms with van der Waals surface area (Å²) in [7, 11) is -2.47. The molecule has 0 spiro atoms. The molecule has 0 bridgehead atoms. The number of carbonyl (C=O) groups excluding carboxylic acids is 1. The van der Waals surface area contributed by atoms with Crippen molar-refractivity contribution in [2.75, 3.05) is 22.9 Å². The lowest BCUT2D eigenvalue weighted by Crippen LogP contribution is -2.22. The van der Waals surface area contributed by atoms with Crippen molar-refractivity contribution in [3.8, 4) is 5.88 Å². The van der Waals surface area contributed by atoms with Gasteiger partial charge in [-0.3, -0.25) is 14.6 Å². The number of anilines is 2. The van der Waals surface area contributed by atoms with Crippen LogP contribution < -0.4 is 14.8 Å². The molecule has 3 rings (SSSR count). The molecule has 0 unspecified atom stereocenters. The number of benzene rings is 1. The lowest BCUT2D eigenvalue weighted by molar-refractivity contribution is 0.101. The highest BCUT2D eigenvalue weighted by Gasteiger charge is 2.24. The number of halogens is 2. The van der Waals surface area contributed by atoms with Crippen molar-refractivity contribution in [2.45, 2.75) is 13.8 Å². The minimum Gasteiger partial charge on any atom is -0.479 e. The van der Waals surface area contributed by atoms with Crippen molar-refractivity contribution >= 4 is 38.3 Å². The summed E-state index contributed by atoms with van der Waals surface area (Å²) < 4.78 is 60.3. The molecule has 2 heterocycles. The largest absolute Gasteiger partial charge is 0.479 e. The molecule has 1 aromatic carbocycles. The van der Waals surface area contributed by atoms with Crippen LogP contribution in [0.4, 0.5) is 20.2 Å². The van der Waals surface area contributed by atoms with Crippen molar-refractivity contribution in [3.63, 3.8) is 0 Å². The van der Waals surface area contributed by atoms with Gasteiger partial charge in [-0.2, -0.15) is 0 Å². The monoisotopic (exact) mass is 439 g/mol. The van der Waals surface area contributed by atoms with E-state index in [-0.39, 0.29) is 23.2 Å². The Balaban J connectivity index is 1.90. The molecule has 0 aliphatic rings. The van der Waals surface area contributed by atoms with E-state index in [0.717, 1.165) is 12.1 Å². The fourth-order valence-electron chi connectivity index (χ4n) is 2.79. The zero-order chi connectivity index (χ0) is 22.1. The molecule has 1 amide bonds. The number of aromatic amines is 1. The standard InChI is InChI=1S/C18H19F2N5O4S/c1-9(2)8-30(27,28)25-13-5-4-12(19)14(15(13)20)17(26)22-10-6-11-16(21-7-10)23-24-18(11)29-3/h4-7,9,25H,8H2,1-3H3,(H,22,26)(H,21,23,24). The number of hydrogen-bond donors (Lipinski definition) is 3. The topological polar surface area (TPSA) is 126 Å². The molecule has 3 aromatic rings. The van der Waals surface area contributed by atoms with Gasteiger partial charge in [0.15, 0.2) is 11.5 Å². The maximum absolute atomic E-state index is 14.8. The maximum Gasteiger partial charge on any atom is 0.261 e. The Kier molecular flexibility index (Phi) is 5.87. The summed E-state index contributed by atoms with van der Waals surface area (Å²) in [6.07, 6.45) is 1.27. The molecule has 9 nitrogen and oxygen atoms in total. The number of amides is 1. The highest BCUT2D eigenvalue weighted by molar-refractivity contribution is 7.92. The van der Waals surface area contributed by atoms with Crippen LogP contribution in [0.3, 0.4) is 0 Å². The normalized spacial score (nSPS) is 11.7. The number of aromatic nitrogens is 3. The summed E-state index contributed by atoms with van der Waals surface area (Å²) in [5.41, 5.74) is -0.924. The van der Waals surface area contributed by atoms with Crippen LogP contribution >= 0.6 is 0 Å². The van der Waals surface area contributed by atoms with E-state index < -0.39 is 38.8 Å². The summed E-state index contributed by atoms with van der Waals surface area (Å²) in [5, 5.41) is 9.30. The quantitative estimate of drug-likeness (QED) is 0.520. The van der Waals surface area contributed by atoms with Crippen LogP contribution in [0.1, 0.15) is 24.2 Å². The maximum atomic E-state index is 14.8. The Morgan fingerprint density at radius 1 is 1.30 bits per heavy atom. The third-order valence-electron chi connectivity index (χ3n) is 3.97. The second-order valence-corrected chi connectivity index (χ2v) is 8.64. The van der Waals surface area contributed by atoms with Gasteiger partial charge in [0, 0.05) is 0 Å². The van der Waals surface area contributed by atoms with Gasteiger partial charge in [0.05, 0.1) is 35.8 Å². The molecular weight excluding hydrogens is 420 g/mol. The van der Waals surface area contributed by atoms with Crippen LogP contribution in [0.25, 0.3) is 11.0 Å². The van der Waals surface area contributed by atoms with E-state index in [1.54, 1.807) is 13.8 Å². The predicted octanol–water partition coefficient (Wildman–Crippen LogP) is 2.89. The first-order chi connectivity index (χ1) is 14.1. The number of ether oxygens (including phenoxy) is 1. The summed E-state index contributed by atoms with van der Waals surface area (Å²) in [6.45, 7) is 3.36. The predicted molar refractivity (Wildman–Crippen MR) is 107 cm³/mol. The molecule has 0 radical (unpaired) electrons. The van der Waals surface area contributed by atoms with Crippen molar-refractivity contribution in [2.24, 2.45) is 5.92 Å². The van der Waals surface area contributed by atoms with Gasteiger partial charge in [-0.25, -0.2) is 22.2 Å². The Hall–Kier alpha value is -3.28. The van der Waals surface area contributed by atoms with Gasteiger partial charge in [0.2, 0.25) is 15.9 Å². The third kappa shape index (κ3) is 4.48. The van der Waals surface area contributed by atoms with Crippen LogP contribution in [-0.4, -0.2) is 42.4 Å². The smallest absolute Gasteiger partial charge is 0.261 e. The van der Waals surface area contributed by atoms with Gasteiger partial charge in [0.25, 0.3) is 5.91 Å². The highest BCUT2D eigenvalue weighted by Crippen LogP contribution is 2.26. The SMILES string of the molecule is COc1n[nH]c2ncc(NC(=O)c3c(F)ccc(NS(=O)(=O)CC(C)C)c3F)cc12. The summed E-state index contributed by atoms with van der Waals surface area (Å²) in [6, 6.07) is 3.20. The van der Waals surface area contributed by atoms with Crippen molar-refractivity contribution < 1.29 is 26.7 Å². The van der Waals surface area contributed by atoms with Crippen molar-refractivity contribution in [1.29, 1.82) is 0 Å². The number of rotatable bonds is 7. The first-order valence-corrected chi connectivity index (χ1v) is 10.4. The number of pyridine rings is 1. The molecule has 30 heavy (non-hydrogen) atoms.